The summed E-state index contributed by atoms with van der Waals surface area (Å²) in [7, 11) is 0. The first-order chi connectivity index (χ1) is 8.27. The van der Waals surface area contributed by atoms with Crippen LogP contribution in [0.4, 0.5) is 0 Å². The molecular weight excluding hydrogens is 218 g/mol. The number of fused-ring (bicyclic) bond motifs is 1. The third-order valence-corrected chi connectivity index (χ3v) is 4.19. The zero-order valence-corrected chi connectivity index (χ0v) is 9.95. The van der Waals surface area contributed by atoms with E-state index in [4.69, 9.17) is 0 Å². The minimum absolute atomic E-state index is 0.0448. The third-order valence-electron chi connectivity index (χ3n) is 4.19. The summed E-state index contributed by atoms with van der Waals surface area (Å²) >= 11 is 0. The van der Waals surface area contributed by atoms with Crippen molar-refractivity contribution in [3.63, 3.8) is 0 Å². The smallest absolute Gasteiger partial charge is 0.242 e. The second-order valence-electron chi connectivity index (χ2n) is 5.22. The molecule has 3 rings (SSSR count). The summed E-state index contributed by atoms with van der Waals surface area (Å²) in [4.78, 5) is 26.2. The monoisotopic (exact) mass is 237 g/mol. The number of nitrogens with zero attached hydrogens (tertiary/aromatic N) is 1. The normalized spacial score (nSPS) is 37.9. The van der Waals surface area contributed by atoms with Crippen LogP contribution in [0.1, 0.15) is 32.1 Å². The van der Waals surface area contributed by atoms with Crippen LogP contribution in [0.5, 0.6) is 0 Å². The van der Waals surface area contributed by atoms with Gasteiger partial charge in [-0.15, -0.1) is 0 Å². The molecule has 0 aromatic heterocycles. The van der Waals surface area contributed by atoms with Crippen molar-refractivity contribution in [2.24, 2.45) is 0 Å². The van der Waals surface area contributed by atoms with Gasteiger partial charge < -0.3 is 15.5 Å². The lowest BCUT2D eigenvalue weighted by Crippen LogP contribution is -2.59. The van der Waals surface area contributed by atoms with Crippen LogP contribution in [0.15, 0.2) is 0 Å². The molecule has 3 heterocycles. The number of piperidine rings is 1. The van der Waals surface area contributed by atoms with Crippen LogP contribution in [0, 0.1) is 0 Å². The minimum Gasteiger partial charge on any atom is -0.354 e. The lowest BCUT2D eigenvalue weighted by molar-refractivity contribution is -0.145. The zero-order valence-electron chi connectivity index (χ0n) is 9.95. The zero-order chi connectivity index (χ0) is 11.8. The van der Waals surface area contributed by atoms with Crippen molar-refractivity contribution < 1.29 is 9.59 Å². The van der Waals surface area contributed by atoms with E-state index in [2.05, 4.69) is 10.6 Å². The number of carbonyl (C=O) groups is 2. The number of hydrogen-bond donors (Lipinski definition) is 2. The first kappa shape index (κ1) is 11.0. The van der Waals surface area contributed by atoms with Gasteiger partial charge in [0.15, 0.2) is 0 Å². The van der Waals surface area contributed by atoms with E-state index in [1.807, 2.05) is 4.90 Å². The fourth-order valence-corrected chi connectivity index (χ4v) is 3.30. The maximum Gasteiger partial charge on any atom is 0.242 e. The van der Waals surface area contributed by atoms with Gasteiger partial charge in [0.2, 0.25) is 11.8 Å². The van der Waals surface area contributed by atoms with Crippen molar-refractivity contribution >= 4 is 11.8 Å². The molecule has 5 nitrogen and oxygen atoms in total. The van der Waals surface area contributed by atoms with Crippen molar-refractivity contribution in [1.82, 2.24) is 15.5 Å². The van der Waals surface area contributed by atoms with Crippen LogP contribution in [-0.2, 0) is 9.59 Å². The van der Waals surface area contributed by atoms with Gasteiger partial charge in [-0.05, 0) is 38.6 Å². The van der Waals surface area contributed by atoms with Gasteiger partial charge in [0, 0.05) is 12.6 Å². The molecule has 0 saturated carbocycles. The molecule has 0 aliphatic carbocycles. The van der Waals surface area contributed by atoms with Crippen LogP contribution < -0.4 is 10.6 Å². The Labute approximate surface area is 101 Å². The highest BCUT2D eigenvalue weighted by Crippen LogP contribution is 2.32. The number of nitrogens with one attached hydrogen (secondary N) is 2. The van der Waals surface area contributed by atoms with E-state index in [0.29, 0.717) is 12.6 Å². The topological polar surface area (TPSA) is 61.4 Å². The van der Waals surface area contributed by atoms with Gasteiger partial charge in [-0.25, -0.2) is 0 Å². The third kappa shape index (κ3) is 1.82. The van der Waals surface area contributed by atoms with E-state index < -0.39 is 0 Å². The minimum atomic E-state index is -0.213. The van der Waals surface area contributed by atoms with Gasteiger partial charge in [-0.1, -0.05) is 0 Å². The summed E-state index contributed by atoms with van der Waals surface area (Å²) in [5, 5.41) is 6.24. The van der Waals surface area contributed by atoms with Gasteiger partial charge >= 0.3 is 0 Å². The highest BCUT2D eigenvalue weighted by atomic mass is 16.2. The van der Waals surface area contributed by atoms with E-state index in [1.165, 1.54) is 0 Å². The van der Waals surface area contributed by atoms with E-state index in [1.54, 1.807) is 0 Å². The van der Waals surface area contributed by atoms with Gasteiger partial charge in [0.25, 0.3) is 0 Å². The van der Waals surface area contributed by atoms with E-state index >= 15 is 0 Å². The van der Waals surface area contributed by atoms with E-state index in [-0.39, 0.29) is 23.9 Å². The molecule has 3 atom stereocenters. The molecule has 3 saturated heterocycles. The Bertz CT molecular complexity index is 345. The molecule has 2 bridgehead atoms. The molecule has 0 spiro atoms. The van der Waals surface area contributed by atoms with E-state index in [0.717, 1.165) is 38.6 Å². The summed E-state index contributed by atoms with van der Waals surface area (Å²) in [5.74, 6) is 0.184. The molecule has 17 heavy (non-hydrogen) atoms. The van der Waals surface area contributed by atoms with Gasteiger partial charge in [0.1, 0.15) is 6.04 Å². The van der Waals surface area contributed by atoms with Crippen molar-refractivity contribution in [3.8, 4) is 0 Å². The highest BCUT2D eigenvalue weighted by molar-refractivity contribution is 5.91. The van der Waals surface area contributed by atoms with Gasteiger partial charge in [-0.2, -0.15) is 0 Å². The first-order valence-corrected chi connectivity index (χ1v) is 6.60. The van der Waals surface area contributed by atoms with Gasteiger partial charge in [-0.3, -0.25) is 9.59 Å². The molecular formula is C12H19N3O2. The quantitative estimate of drug-likeness (QED) is 0.603. The number of rotatable bonds is 0. The van der Waals surface area contributed by atoms with Crippen LogP contribution in [0.3, 0.4) is 0 Å². The standard InChI is InChI=1S/C12H19N3O2/c16-11-10-5-3-8-2-4-9(12(17)15(8)10)13-6-1-7-14-11/h8-10,13H,1-7H2,(H,14,16)/t8-,9+,10+/m1/s1. The Morgan fingerprint density at radius 3 is 2.76 bits per heavy atom. The van der Waals surface area contributed by atoms with Crippen molar-refractivity contribution in [1.29, 1.82) is 0 Å². The Hall–Kier alpha value is -1.10. The second-order valence-corrected chi connectivity index (χ2v) is 5.22. The molecule has 0 aromatic rings. The first-order valence-electron chi connectivity index (χ1n) is 6.60. The Balaban J connectivity index is 1.87. The maximum atomic E-state index is 12.3. The largest absolute Gasteiger partial charge is 0.354 e. The van der Waals surface area contributed by atoms with Gasteiger partial charge in [0.05, 0.1) is 6.04 Å². The average molecular weight is 237 g/mol. The summed E-state index contributed by atoms with van der Waals surface area (Å²) < 4.78 is 0. The van der Waals surface area contributed by atoms with Crippen LogP contribution in [0.25, 0.3) is 0 Å². The number of carbonyl (C=O) groups excluding carboxylic acids is 2. The lowest BCUT2D eigenvalue weighted by Gasteiger charge is -2.38. The molecule has 5 heteroatoms. The van der Waals surface area contributed by atoms with Crippen LogP contribution in [-0.4, -0.2) is 47.9 Å². The van der Waals surface area contributed by atoms with Crippen molar-refractivity contribution in [3.05, 3.63) is 0 Å². The molecule has 2 N–H and O–H groups in total. The van der Waals surface area contributed by atoms with Crippen LogP contribution >= 0.6 is 0 Å². The van der Waals surface area contributed by atoms with E-state index in [9.17, 15) is 9.59 Å². The molecule has 2 amide bonds. The molecule has 94 valence electrons. The predicted molar refractivity (Wildman–Crippen MR) is 62.3 cm³/mol. The average Bonchev–Trinajstić information content (AvgIpc) is 2.75. The highest BCUT2D eigenvalue weighted by Gasteiger charge is 2.45. The second kappa shape index (κ2) is 4.29. The summed E-state index contributed by atoms with van der Waals surface area (Å²) in [6.07, 6.45) is 4.67. The summed E-state index contributed by atoms with van der Waals surface area (Å²) in [6.45, 7) is 1.52. The molecule has 0 radical (unpaired) electrons. The van der Waals surface area contributed by atoms with Crippen molar-refractivity contribution in [2.45, 2.75) is 50.2 Å². The maximum absolute atomic E-state index is 12.3. The summed E-state index contributed by atoms with van der Waals surface area (Å²) in [6, 6.07) is 0.0312. The Morgan fingerprint density at radius 2 is 1.88 bits per heavy atom. The fourth-order valence-electron chi connectivity index (χ4n) is 3.30. The number of amides is 2. The molecule has 3 aliphatic heterocycles. The predicted octanol–water partition coefficient (Wildman–Crippen LogP) is -0.382. The molecule has 0 aromatic carbocycles. The molecule has 0 unspecified atom stereocenters. The molecule has 3 aliphatic rings. The Kier molecular flexibility index (Phi) is 2.78. The Morgan fingerprint density at radius 1 is 1.06 bits per heavy atom. The number of hydrogen-bond acceptors (Lipinski definition) is 3. The lowest BCUT2D eigenvalue weighted by atomic mass is 9.98. The van der Waals surface area contributed by atoms with Crippen molar-refractivity contribution in [2.75, 3.05) is 13.1 Å². The fraction of sp³-hybridized carbons (Fsp3) is 0.833. The molecule has 3 fully saturated rings. The SMILES string of the molecule is O=C1NCCCN[C@H]2CC[C@@H]3CC[C@@H]1N3C2=O. The van der Waals surface area contributed by atoms with Crippen LogP contribution in [0.2, 0.25) is 0 Å². The summed E-state index contributed by atoms with van der Waals surface area (Å²) in [5.41, 5.74) is 0.